The molecule has 0 spiro atoms. The number of rotatable bonds is 3. The van der Waals surface area contributed by atoms with Gasteiger partial charge in [0, 0.05) is 36.6 Å². The van der Waals surface area contributed by atoms with E-state index in [4.69, 9.17) is 4.11 Å². The maximum Gasteiger partial charge on any atom is 0.246 e. The summed E-state index contributed by atoms with van der Waals surface area (Å²) < 4.78 is 52.3. The summed E-state index contributed by atoms with van der Waals surface area (Å²) in [6, 6.07) is 1.98. The molecule has 1 fully saturated rings. The molecule has 138 valence electrons. The lowest BCUT2D eigenvalue weighted by atomic mass is 9.89. The summed E-state index contributed by atoms with van der Waals surface area (Å²) in [5.74, 6) is 0.223. The van der Waals surface area contributed by atoms with Gasteiger partial charge in [-0.2, -0.15) is 14.5 Å². The van der Waals surface area contributed by atoms with Crippen LogP contribution in [0.5, 0.6) is 0 Å². The molecule has 1 aliphatic heterocycles. The molecule has 0 aromatic carbocycles. The Morgan fingerprint density at radius 1 is 1.23 bits per heavy atom. The zero-order valence-corrected chi connectivity index (χ0v) is 15.4. The Morgan fingerprint density at radius 3 is 2.69 bits per heavy atom. The van der Waals surface area contributed by atoms with E-state index in [1.54, 1.807) is 4.52 Å². The van der Waals surface area contributed by atoms with Gasteiger partial charge in [-0.25, -0.2) is 17.9 Å². The van der Waals surface area contributed by atoms with E-state index in [9.17, 15) is 8.42 Å². The number of piperidine rings is 1. The summed E-state index contributed by atoms with van der Waals surface area (Å²) in [5.41, 5.74) is 3.23. The quantitative estimate of drug-likeness (QED) is 0.693. The van der Waals surface area contributed by atoms with Crippen LogP contribution in [-0.4, -0.2) is 50.2 Å². The number of nitrogens with zero attached hydrogens (tertiary/aromatic N) is 6. The summed E-state index contributed by atoms with van der Waals surface area (Å²) >= 11 is 0. The predicted molar refractivity (Wildman–Crippen MR) is 96.4 cm³/mol. The topological polar surface area (TPSA) is 85.4 Å². The van der Waals surface area contributed by atoms with Crippen molar-refractivity contribution < 1.29 is 12.5 Å². The third-order valence-electron chi connectivity index (χ3n) is 5.03. The van der Waals surface area contributed by atoms with Crippen LogP contribution in [0.15, 0.2) is 29.7 Å². The van der Waals surface area contributed by atoms with Crippen molar-refractivity contribution in [2.24, 2.45) is 6.98 Å². The fourth-order valence-electron chi connectivity index (χ4n) is 3.64. The Labute approximate surface area is 156 Å². The van der Waals surface area contributed by atoms with Crippen molar-refractivity contribution in [3.05, 3.63) is 41.6 Å². The smallest absolute Gasteiger partial charge is 0.246 e. The number of pyridine rings is 1. The fourth-order valence-corrected chi connectivity index (χ4v) is 5.26. The van der Waals surface area contributed by atoms with Gasteiger partial charge in [-0.15, -0.1) is 0 Å². The first-order valence-electron chi connectivity index (χ1n) is 9.94. The minimum atomic E-state index is -3.80. The number of aromatic nitrogens is 5. The van der Waals surface area contributed by atoms with Gasteiger partial charge in [0.25, 0.3) is 0 Å². The molecule has 0 aliphatic carbocycles. The average molecular weight is 377 g/mol. The van der Waals surface area contributed by atoms with Crippen LogP contribution in [0.2, 0.25) is 0 Å². The normalized spacial score (nSPS) is 19.4. The Bertz CT molecular complexity index is 1160. The lowest BCUT2D eigenvalue weighted by Gasteiger charge is -2.31. The van der Waals surface area contributed by atoms with Crippen molar-refractivity contribution in [1.29, 1.82) is 0 Å². The molecule has 0 saturated carbocycles. The molecule has 1 saturated heterocycles. The van der Waals surface area contributed by atoms with Crippen LogP contribution in [0, 0.1) is 13.8 Å². The van der Waals surface area contributed by atoms with Crippen LogP contribution < -0.4 is 0 Å². The van der Waals surface area contributed by atoms with Gasteiger partial charge in [0.05, 0.1) is 5.69 Å². The number of hydrogen-bond donors (Lipinski definition) is 0. The summed E-state index contributed by atoms with van der Waals surface area (Å²) in [6.07, 6.45) is 5.93. The minimum absolute atomic E-state index is 0.0488. The number of hydrogen-bond acceptors (Lipinski definition) is 5. The number of aryl methyl sites for hydroxylation is 3. The van der Waals surface area contributed by atoms with Crippen molar-refractivity contribution in [2.45, 2.75) is 37.5 Å². The second-order valence-electron chi connectivity index (χ2n) is 6.68. The second kappa shape index (κ2) is 6.17. The third kappa shape index (κ3) is 2.80. The van der Waals surface area contributed by atoms with Crippen LogP contribution in [0.1, 0.15) is 39.7 Å². The van der Waals surface area contributed by atoms with Crippen LogP contribution in [0.25, 0.3) is 5.65 Å². The van der Waals surface area contributed by atoms with E-state index in [-0.39, 0.29) is 16.5 Å². The van der Waals surface area contributed by atoms with Gasteiger partial charge in [0.15, 0.2) is 5.65 Å². The first kappa shape index (κ1) is 13.9. The van der Waals surface area contributed by atoms with Gasteiger partial charge in [-0.05, 0) is 49.8 Å². The first-order valence-corrected chi connectivity index (χ1v) is 9.88. The van der Waals surface area contributed by atoms with Gasteiger partial charge in [0.1, 0.15) is 11.2 Å². The Hall–Kier alpha value is -2.26. The molecular formula is C17H22N6O2S. The molecule has 0 unspecified atom stereocenters. The highest BCUT2D eigenvalue weighted by Gasteiger charge is 2.32. The van der Waals surface area contributed by atoms with E-state index in [0.717, 1.165) is 27.7 Å². The SMILES string of the molecule is [2H]C([2H])([2H])n1cc(S(=O)(=O)N2CCC(c3cn4ncnc4cc3C)CC2)c(C)n1. The van der Waals surface area contributed by atoms with Crippen molar-refractivity contribution in [3.8, 4) is 0 Å². The maximum atomic E-state index is 13.1. The average Bonchev–Trinajstić information content (AvgIpc) is 3.27. The summed E-state index contributed by atoms with van der Waals surface area (Å²) in [4.78, 5) is 4.14. The largest absolute Gasteiger partial charge is 0.274 e. The van der Waals surface area contributed by atoms with Gasteiger partial charge >= 0.3 is 0 Å². The molecule has 0 bridgehead atoms. The first-order chi connectivity index (χ1) is 13.6. The van der Waals surface area contributed by atoms with E-state index >= 15 is 0 Å². The molecule has 1 aliphatic rings. The second-order valence-corrected chi connectivity index (χ2v) is 8.58. The maximum absolute atomic E-state index is 13.1. The molecular weight excluding hydrogens is 352 g/mol. The summed E-state index contributed by atoms with van der Waals surface area (Å²) in [5, 5.41) is 8.06. The van der Waals surface area contributed by atoms with Crippen molar-refractivity contribution in [3.63, 3.8) is 0 Å². The van der Waals surface area contributed by atoms with Gasteiger partial charge in [-0.1, -0.05) is 0 Å². The molecule has 0 N–H and O–H groups in total. The van der Waals surface area contributed by atoms with Crippen molar-refractivity contribution in [2.75, 3.05) is 13.1 Å². The predicted octanol–water partition coefficient (Wildman–Crippen LogP) is 1.65. The molecule has 9 heteroatoms. The molecule has 3 aromatic heterocycles. The monoisotopic (exact) mass is 377 g/mol. The highest BCUT2D eigenvalue weighted by Crippen LogP contribution is 2.33. The molecule has 0 amide bonds. The van der Waals surface area contributed by atoms with E-state index in [1.807, 2.05) is 19.2 Å². The molecule has 26 heavy (non-hydrogen) atoms. The number of sulfonamides is 1. The zero-order chi connectivity index (χ0) is 21.0. The van der Waals surface area contributed by atoms with E-state index < -0.39 is 17.0 Å². The fraction of sp³-hybridized carbons (Fsp3) is 0.471. The van der Waals surface area contributed by atoms with Crippen molar-refractivity contribution >= 4 is 15.7 Å². The highest BCUT2D eigenvalue weighted by molar-refractivity contribution is 7.89. The van der Waals surface area contributed by atoms with Crippen LogP contribution >= 0.6 is 0 Å². The third-order valence-corrected chi connectivity index (χ3v) is 7.03. The molecule has 8 nitrogen and oxygen atoms in total. The van der Waals surface area contributed by atoms with Crippen LogP contribution in [0.3, 0.4) is 0 Å². The standard InChI is InChI=1S/C17H22N6O2S/c1-12-8-17-18-11-19-23(17)9-15(12)14-4-6-22(7-5-14)26(24,25)16-10-21(3)20-13(16)2/h8-11,14H,4-7H2,1-3H3/i3D3. The minimum Gasteiger partial charge on any atom is -0.274 e. The molecule has 4 heterocycles. The van der Waals surface area contributed by atoms with Gasteiger partial charge in [-0.3, -0.25) is 4.68 Å². The highest BCUT2D eigenvalue weighted by atomic mass is 32.2. The van der Waals surface area contributed by atoms with E-state index in [2.05, 4.69) is 15.2 Å². The molecule has 3 aromatic rings. The Balaban J connectivity index is 1.54. The summed E-state index contributed by atoms with van der Waals surface area (Å²) in [7, 11) is -3.80. The number of fused-ring (bicyclic) bond motifs is 1. The Morgan fingerprint density at radius 2 is 2.00 bits per heavy atom. The molecule has 0 radical (unpaired) electrons. The lowest BCUT2D eigenvalue weighted by Crippen LogP contribution is -2.38. The van der Waals surface area contributed by atoms with Gasteiger partial charge in [0.2, 0.25) is 10.0 Å². The zero-order valence-electron chi connectivity index (χ0n) is 17.6. The Kier molecular flexibility index (Phi) is 3.29. The van der Waals surface area contributed by atoms with E-state index in [1.165, 1.54) is 17.6 Å². The lowest BCUT2D eigenvalue weighted by molar-refractivity contribution is 0.318. The van der Waals surface area contributed by atoms with Gasteiger partial charge < -0.3 is 0 Å². The summed E-state index contributed by atoms with van der Waals surface area (Å²) in [6.45, 7) is 1.75. The van der Waals surface area contributed by atoms with E-state index in [0.29, 0.717) is 25.9 Å². The van der Waals surface area contributed by atoms with Crippen LogP contribution in [-0.2, 0) is 17.0 Å². The molecule has 0 atom stereocenters. The van der Waals surface area contributed by atoms with Crippen molar-refractivity contribution in [1.82, 2.24) is 28.7 Å². The van der Waals surface area contributed by atoms with Crippen LogP contribution in [0.4, 0.5) is 0 Å². The molecule has 4 rings (SSSR count).